The van der Waals surface area contributed by atoms with E-state index in [2.05, 4.69) is 41.4 Å². The first-order valence-corrected chi connectivity index (χ1v) is 7.90. The molecule has 4 rings (SSSR count). The Bertz CT molecular complexity index is 538. The third-order valence-corrected chi connectivity index (χ3v) is 5.44. The maximum absolute atomic E-state index is 12.8. The molecule has 0 aromatic heterocycles. The Morgan fingerprint density at radius 3 is 2.85 bits per heavy atom. The Balaban J connectivity index is 1.55. The summed E-state index contributed by atoms with van der Waals surface area (Å²) in [5.41, 5.74) is 2.92. The number of nitrogens with zero attached hydrogens (tertiary/aromatic N) is 1. The molecule has 2 aliphatic carbocycles. The number of hydrogen-bond acceptors (Lipinski definition) is 2. The molecular formula is C17H22N2O. The quantitative estimate of drug-likeness (QED) is 0.908. The first kappa shape index (κ1) is 12.4. The standard InChI is InChI=1S/C17H22N2O/c1-2-19(12-9-18-10-12)17(20)16-14-8-7-11-5-3-4-6-13(11)15(14)16/h3-6,12,14-16,18H,2,7-10H2,1H3. The van der Waals surface area contributed by atoms with Gasteiger partial charge < -0.3 is 10.2 Å². The number of amides is 1. The maximum atomic E-state index is 12.8. The highest BCUT2D eigenvalue weighted by Gasteiger charge is 2.58. The minimum Gasteiger partial charge on any atom is -0.337 e. The second kappa shape index (κ2) is 4.59. The van der Waals surface area contributed by atoms with Crippen molar-refractivity contribution < 1.29 is 4.79 Å². The zero-order chi connectivity index (χ0) is 13.7. The summed E-state index contributed by atoms with van der Waals surface area (Å²) in [5.74, 6) is 1.79. The number of hydrogen-bond donors (Lipinski definition) is 1. The van der Waals surface area contributed by atoms with Gasteiger partial charge in [-0.15, -0.1) is 0 Å². The molecule has 0 spiro atoms. The first-order chi connectivity index (χ1) is 9.81. The summed E-state index contributed by atoms with van der Waals surface area (Å²) in [4.78, 5) is 15.0. The largest absolute Gasteiger partial charge is 0.337 e. The van der Waals surface area contributed by atoms with Gasteiger partial charge in [0.05, 0.1) is 6.04 Å². The molecule has 0 bridgehead atoms. The van der Waals surface area contributed by atoms with Crippen molar-refractivity contribution in [3.8, 4) is 0 Å². The molecule has 20 heavy (non-hydrogen) atoms. The monoisotopic (exact) mass is 270 g/mol. The van der Waals surface area contributed by atoms with Crippen LogP contribution in [0.25, 0.3) is 0 Å². The van der Waals surface area contributed by atoms with Crippen LogP contribution in [0.4, 0.5) is 0 Å². The summed E-state index contributed by atoms with van der Waals surface area (Å²) in [6.45, 7) is 4.90. The second-order valence-corrected chi connectivity index (χ2v) is 6.39. The van der Waals surface area contributed by atoms with Crippen molar-refractivity contribution >= 4 is 5.91 Å². The molecule has 3 heteroatoms. The SMILES string of the molecule is CCN(C(=O)C1C2CCc3ccccc3C21)C1CNC1. The second-order valence-electron chi connectivity index (χ2n) is 6.39. The van der Waals surface area contributed by atoms with Crippen LogP contribution in [0, 0.1) is 11.8 Å². The van der Waals surface area contributed by atoms with Gasteiger partial charge in [-0.1, -0.05) is 24.3 Å². The molecule has 3 atom stereocenters. The zero-order valence-electron chi connectivity index (χ0n) is 12.0. The van der Waals surface area contributed by atoms with Gasteiger partial charge in [0.2, 0.25) is 5.91 Å². The fourth-order valence-corrected chi connectivity index (χ4v) is 4.18. The van der Waals surface area contributed by atoms with Gasteiger partial charge in [0.15, 0.2) is 0 Å². The van der Waals surface area contributed by atoms with Crippen molar-refractivity contribution in [3.05, 3.63) is 35.4 Å². The van der Waals surface area contributed by atoms with Gasteiger partial charge >= 0.3 is 0 Å². The van der Waals surface area contributed by atoms with E-state index in [4.69, 9.17) is 0 Å². The lowest BCUT2D eigenvalue weighted by molar-refractivity contribution is -0.136. The van der Waals surface area contributed by atoms with Gasteiger partial charge in [-0.05, 0) is 42.7 Å². The lowest BCUT2D eigenvalue weighted by Gasteiger charge is -2.38. The lowest BCUT2D eigenvalue weighted by Crippen LogP contribution is -2.59. The minimum absolute atomic E-state index is 0.263. The summed E-state index contributed by atoms with van der Waals surface area (Å²) in [7, 11) is 0. The smallest absolute Gasteiger partial charge is 0.226 e. The van der Waals surface area contributed by atoms with Gasteiger partial charge in [-0.25, -0.2) is 0 Å². The summed E-state index contributed by atoms with van der Waals surface area (Å²) >= 11 is 0. The molecule has 1 saturated heterocycles. The summed E-state index contributed by atoms with van der Waals surface area (Å²) < 4.78 is 0. The Labute approximate surface area is 120 Å². The van der Waals surface area contributed by atoms with E-state index in [1.54, 1.807) is 0 Å². The van der Waals surface area contributed by atoms with Crippen LogP contribution >= 0.6 is 0 Å². The number of fused-ring (bicyclic) bond motifs is 3. The molecule has 1 aromatic rings. The Morgan fingerprint density at radius 2 is 2.15 bits per heavy atom. The fourth-order valence-electron chi connectivity index (χ4n) is 4.18. The van der Waals surface area contributed by atoms with Crippen molar-refractivity contribution in [2.45, 2.75) is 31.7 Å². The van der Waals surface area contributed by atoms with E-state index in [0.717, 1.165) is 26.1 Å². The predicted octanol–water partition coefficient (Wildman–Crippen LogP) is 1.78. The highest BCUT2D eigenvalue weighted by atomic mass is 16.2. The Kier molecular flexibility index (Phi) is 2.84. The van der Waals surface area contributed by atoms with E-state index in [0.29, 0.717) is 23.8 Å². The molecule has 3 nitrogen and oxygen atoms in total. The van der Waals surface area contributed by atoms with Crippen molar-refractivity contribution in [1.82, 2.24) is 10.2 Å². The van der Waals surface area contributed by atoms with E-state index in [9.17, 15) is 4.79 Å². The number of carbonyl (C=O) groups is 1. The van der Waals surface area contributed by atoms with Gasteiger partial charge in [0, 0.05) is 25.6 Å². The van der Waals surface area contributed by atoms with Crippen molar-refractivity contribution in [2.75, 3.05) is 19.6 Å². The predicted molar refractivity (Wildman–Crippen MR) is 78.5 cm³/mol. The summed E-state index contributed by atoms with van der Waals surface area (Å²) in [5, 5.41) is 3.27. The summed E-state index contributed by atoms with van der Waals surface area (Å²) in [6.07, 6.45) is 2.34. The average Bonchev–Trinajstić information content (AvgIpc) is 3.16. The minimum atomic E-state index is 0.263. The number of carbonyl (C=O) groups excluding carboxylic acids is 1. The van der Waals surface area contributed by atoms with E-state index in [1.165, 1.54) is 17.5 Å². The Hall–Kier alpha value is -1.35. The van der Waals surface area contributed by atoms with Crippen LogP contribution in [-0.4, -0.2) is 36.5 Å². The topological polar surface area (TPSA) is 32.3 Å². The Morgan fingerprint density at radius 1 is 1.35 bits per heavy atom. The molecule has 0 radical (unpaired) electrons. The molecule has 1 heterocycles. The van der Waals surface area contributed by atoms with Crippen LogP contribution < -0.4 is 5.32 Å². The van der Waals surface area contributed by atoms with Gasteiger partial charge in [-0.2, -0.15) is 0 Å². The van der Waals surface area contributed by atoms with Crippen LogP contribution in [0.3, 0.4) is 0 Å². The molecule has 1 aliphatic heterocycles. The normalized spacial score (nSPS) is 30.9. The van der Waals surface area contributed by atoms with Crippen LogP contribution in [0.5, 0.6) is 0 Å². The summed E-state index contributed by atoms with van der Waals surface area (Å²) in [6, 6.07) is 9.15. The van der Waals surface area contributed by atoms with Crippen LogP contribution in [-0.2, 0) is 11.2 Å². The van der Waals surface area contributed by atoms with E-state index >= 15 is 0 Å². The number of rotatable bonds is 3. The van der Waals surface area contributed by atoms with Crippen molar-refractivity contribution in [1.29, 1.82) is 0 Å². The number of likely N-dealkylation sites (N-methyl/N-ethyl adjacent to an activating group) is 1. The fraction of sp³-hybridized carbons (Fsp3) is 0.588. The highest BCUT2D eigenvalue weighted by Crippen LogP contribution is 2.60. The molecule has 1 aromatic carbocycles. The van der Waals surface area contributed by atoms with Crippen molar-refractivity contribution in [2.24, 2.45) is 11.8 Å². The third kappa shape index (κ3) is 1.72. The molecule has 3 aliphatic rings. The molecule has 106 valence electrons. The molecule has 1 amide bonds. The maximum Gasteiger partial charge on any atom is 0.226 e. The highest BCUT2D eigenvalue weighted by molar-refractivity contribution is 5.84. The van der Waals surface area contributed by atoms with Crippen LogP contribution in [0.1, 0.15) is 30.4 Å². The average molecular weight is 270 g/mol. The van der Waals surface area contributed by atoms with Crippen LogP contribution in [0.2, 0.25) is 0 Å². The molecule has 3 unspecified atom stereocenters. The van der Waals surface area contributed by atoms with E-state index in [1.807, 2.05) is 0 Å². The van der Waals surface area contributed by atoms with Gasteiger partial charge in [-0.3, -0.25) is 4.79 Å². The molecular weight excluding hydrogens is 248 g/mol. The lowest BCUT2D eigenvalue weighted by atomic mass is 9.92. The molecule has 1 N–H and O–H groups in total. The number of aryl methyl sites for hydroxylation is 1. The van der Waals surface area contributed by atoms with Gasteiger partial charge in [0.25, 0.3) is 0 Å². The van der Waals surface area contributed by atoms with E-state index < -0.39 is 0 Å². The zero-order valence-corrected chi connectivity index (χ0v) is 12.0. The first-order valence-electron chi connectivity index (χ1n) is 7.90. The molecule has 2 fully saturated rings. The number of benzene rings is 1. The van der Waals surface area contributed by atoms with Crippen LogP contribution in [0.15, 0.2) is 24.3 Å². The number of nitrogens with one attached hydrogen (secondary N) is 1. The molecule has 1 saturated carbocycles. The third-order valence-electron chi connectivity index (χ3n) is 5.44. The van der Waals surface area contributed by atoms with Crippen molar-refractivity contribution in [3.63, 3.8) is 0 Å². The van der Waals surface area contributed by atoms with E-state index in [-0.39, 0.29) is 5.92 Å². The van der Waals surface area contributed by atoms with Gasteiger partial charge in [0.1, 0.15) is 0 Å².